The molecule has 0 radical (unpaired) electrons. The molecular weight excluding hydrogens is 376 g/mol. The van der Waals surface area contributed by atoms with E-state index in [1.54, 1.807) is 22.2 Å². The summed E-state index contributed by atoms with van der Waals surface area (Å²) in [5, 5.41) is 9.97. The molecule has 7 heteroatoms. The van der Waals surface area contributed by atoms with E-state index in [-0.39, 0.29) is 5.91 Å². The van der Waals surface area contributed by atoms with Gasteiger partial charge < -0.3 is 5.32 Å². The van der Waals surface area contributed by atoms with E-state index in [1.165, 1.54) is 0 Å². The van der Waals surface area contributed by atoms with Crippen LogP contribution in [0.5, 0.6) is 0 Å². The number of benzene rings is 1. The number of aromatic nitrogens is 3. The van der Waals surface area contributed by atoms with E-state index in [9.17, 15) is 4.79 Å². The first-order valence-corrected chi connectivity index (χ1v) is 8.85. The molecule has 0 spiro atoms. The van der Waals surface area contributed by atoms with Crippen LogP contribution in [-0.4, -0.2) is 20.7 Å². The van der Waals surface area contributed by atoms with Gasteiger partial charge in [0.05, 0.1) is 22.9 Å². The van der Waals surface area contributed by atoms with Gasteiger partial charge in [-0.2, -0.15) is 5.10 Å². The molecule has 0 saturated heterocycles. The molecule has 1 aromatic carbocycles. The van der Waals surface area contributed by atoms with Crippen molar-refractivity contribution in [2.24, 2.45) is 0 Å². The van der Waals surface area contributed by atoms with Crippen LogP contribution in [-0.2, 0) is 13.1 Å². The number of hydrogen-bond donors (Lipinski definition) is 1. The molecule has 2 heterocycles. The Balaban J connectivity index is 1.68. The van der Waals surface area contributed by atoms with E-state index in [2.05, 4.69) is 31.3 Å². The highest BCUT2D eigenvalue weighted by atomic mass is 79.9. The Morgan fingerprint density at radius 2 is 2.13 bits per heavy atom. The lowest BCUT2D eigenvalue weighted by atomic mass is 10.2. The van der Waals surface area contributed by atoms with Crippen LogP contribution >= 0.6 is 27.3 Å². The van der Waals surface area contributed by atoms with Gasteiger partial charge in [0.15, 0.2) is 0 Å². The average molecular weight is 391 g/mol. The zero-order chi connectivity index (χ0) is 16.2. The number of rotatable bonds is 5. The summed E-state index contributed by atoms with van der Waals surface area (Å²) in [6, 6.07) is 10.0. The number of thiazole rings is 1. The summed E-state index contributed by atoms with van der Waals surface area (Å²) < 4.78 is 2.36. The molecule has 0 fully saturated rings. The second kappa shape index (κ2) is 7.06. The Labute approximate surface area is 146 Å². The molecule has 3 aromatic rings. The van der Waals surface area contributed by atoms with Crippen molar-refractivity contribution in [2.75, 3.05) is 0 Å². The van der Waals surface area contributed by atoms with Crippen molar-refractivity contribution >= 4 is 33.2 Å². The lowest BCUT2D eigenvalue weighted by Crippen LogP contribution is -2.26. The van der Waals surface area contributed by atoms with E-state index in [4.69, 9.17) is 0 Å². The summed E-state index contributed by atoms with van der Waals surface area (Å²) in [6.45, 7) is 2.98. The highest BCUT2D eigenvalue weighted by molar-refractivity contribution is 9.10. The third kappa shape index (κ3) is 3.51. The van der Waals surface area contributed by atoms with Crippen LogP contribution < -0.4 is 5.32 Å². The van der Waals surface area contributed by atoms with Crippen molar-refractivity contribution in [3.63, 3.8) is 0 Å². The molecule has 2 aromatic heterocycles. The Kier molecular flexibility index (Phi) is 4.88. The fourth-order valence-corrected chi connectivity index (χ4v) is 3.49. The fraction of sp³-hybridized carbons (Fsp3) is 0.188. The van der Waals surface area contributed by atoms with E-state index in [0.717, 1.165) is 16.3 Å². The van der Waals surface area contributed by atoms with Gasteiger partial charge in [-0.1, -0.05) is 30.3 Å². The van der Waals surface area contributed by atoms with Crippen LogP contribution in [0.2, 0.25) is 0 Å². The first kappa shape index (κ1) is 15.9. The second-order valence-corrected chi connectivity index (χ2v) is 6.56. The topological polar surface area (TPSA) is 59.8 Å². The van der Waals surface area contributed by atoms with Crippen LogP contribution in [0.25, 0.3) is 10.6 Å². The van der Waals surface area contributed by atoms with E-state index >= 15 is 0 Å². The minimum atomic E-state index is -0.162. The van der Waals surface area contributed by atoms with Gasteiger partial charge in [-0.3, -0.25) is 9.48 Å². The van der Waals surface area contributed by atoms with Crippen LogP contribution in [0, 0.1) is 0 Å². The molecule has 0 aliphatic rings. The van der Waals surface area contributed by atoms with Crippen molar-refractivity contribution in [2.45, 2.75) is 20.0 Å². The lowest BCUT2D eigenvalue weighted by molar-refractivity contribution is 0.0939. The minimum absolute atomic E-state index is 0.162. The number of hydrogen-bond acceptors (Lipinski definition) is 4. The summed E-state index contributed by atoms with van der Waals surface area (Å²) in [5.41, 5.74) is 2.47. The molecule has 118 valence electrons. The normalized spacial score (nSPS) is 10.7. The maximum atomic E-state index is 12.3. The van der Waals surface area contributed by atoms with Crippen LogP contribution in [0.4, 0.5) is 0 Å². The summed E-state index contributed by atoms with van der Waals surface area (Å²) in [6.07, 6.45) is 1.63. The lowest BCUT2D eigenvalue weighted by Gasteiger charge is -2.06. The fourth-order valence-electron chi connectivity index (χ4n) is 2.18. The minimum Gasteiger partial charge on any atom is -0.345 e. The summed E-state index contributed by atoms with van der Waals surface area (Å²) in [4.78, 5) is 16.9. The van der Waals surface area contributed by atoms with Crippen LogP contribution in [0.15, 0.2) is 46.4 Å². The Morgan fingerprint density at radius 1 is 1.35 bits per heavy atom. The van der Waals surface area contributed by atoms with E-state index < -0.39 is 0 Å². The SMILES string of the molecule is CCn1ncc(Br)c1C(=O)NCc1csc(-c2ccccc2)n1. The Bertz CT molecular complexity index is 813. The van der Waals surface area contributed by atoms with Gasteiger partial charge in [-0.05, 0) is 22.9 Å². The smallest absolute Gasteiger partial charge is 0.271 e. The van der Waals surface area contributed by atoms with Crippen molar-refractivity contribution in [3.8, 4) is 10.6 Å². The summed E-state index contributed by atoms with van der Waals surface area (Å²) in [7, 11) is 0. The molecule has 0 aliphatic heterocycles. The number of carbonyl (C=O) groups excluding carboxylic acids is 1. The maximum Gasteiger partial charge on any atom is 0.271 e. The van der Waals surface area contributed by atoms with Gasteiger partial charge in [0.2, 0.25) is 0 Å². The number of halogens is 1. The molecular formula is C16H15BrN4OS. The monoisotopic (exact) mass is 390 g/mol. The quantitative estimate of drug-likeness (QED) is 0.721. The Hall–Kier alpha value is -1.99. The second-order valence-electron chi connectivity index (χ2n) is 4.85. The van der Waals surface area contributed by atoms with Crippen molar-refractivity contribution in [3.05, 3.63) is 57.8 Å². The first-order valence-electron chi connectivity index (χ1n) is 7.18. The average Bonchev–Trinajstić information content (AvgIpc) is 3.20. The number of carbonyl (C=O) groups is 1. The van der Waals surface area contributed by atoms with Gasteiger partial charge in [-0.25, -0.2) is 4.98 Å². The van der Waals surface area contributed by atoms with Gasteiger partial charge in [0, 0.05) is 17.5 Å². The number of nitrogens with one attached hydrogen (secondary N) is 1. The number of nitrogens with zero attached hydrogens (tertiary/aromatic N) is 3. The summed E-state index contributed by atoms with van der Waals surface area (Å²) >= 11 is 4.94. The third-order valence-electron chi connectivity index (χ3n) is 3.31. The molecule has 0 unspecified atom stereocenters. The van der Waals surface area contributed by atoms with Crippen molar-refractivity contribution in [1.82, 2.24) is 20.1 Å². The molecule has 0 atom stereocenters. The predicted octanol–water partition coefficient (Wildman–Crippen LogP) is 3.72. The van der Waals surface area contributed by atoms with E-state index in [0.29, 0.717) is 23.3 Å². The highest BCUT2D eigenvalue weighted by Crippen LogP contribution is 2.23. The highest BCUT2D eigenvalue weighted by Gasteiger charge is 2.16. The van der Waals surface area contributed by atoms with Gasteiger partial charge in [0.25, 0.3) is 5.91 Å². The largest absolute Gasteiger partial charge is 0.345 e. The third-order valence-corrected chi connectivity index (χ3v) is 4.83. The molecule has 1 amide bonds. The molecule has 0 bridgehead atoms. The molecule has 0 saturated carbocycles. The van der Waals surface area contributed by atoms with Gasteiger partial charge in [0.1, 0.15) is 10.7 Å². The molecule has 3 rings (SSSR count). The molecule has 0 aliphatic carbocycles. The van der Waals surface area contributed by atoms with Crippen molar-refractivity contribution in [1.29, 1.82) is 0 Å². The molecule has 5 nitrogen and oxygen atoms in total. The van der Waals surface area contributed by atoms with Crippen molar-refractivity contribution < 1.29 is 4.79 Å². The molecule has 23 heavy (non-hydrogen) atoms. The maximum absolute atomic E-state index is 12.3. The van der Waals surface area contributed by atoms with Crippen LogP contribution in [0.3, 0.4) is 0 Å². The predicted molar refractivity (Wildman–Crippen MR) is 94.3 cm³/mol. The standard InChI is InChI=1S/C16H15BrN4OS/c1-2-21-14(13(17)9-19-21)15(22)18-8-12-10-23-16(20-12)11-6-4-3-5-7-11/h3-7,9-10H,2,8H2,1H3,(H,18,22). The first-order chi connectivity index (χ1) is 11.2. The van der Waals surface area contributed by atoms with E-state index in [1.807, 2.05) is 42.6 Å². The van der Waals surface area contributed by atoms with Gasteiger partial charge in [-0.15, -0.1) is 11.3 Å². The molecule has 1 N–H and O–H groups in total. The van der Waals surface area contributed by atoms with Gasteiger partial charge >= 0.3 is 0 Å². The number of amides is 1. The zero-order valence-electron chi connectivity index (χ0n) is 12.5. The van der Waals surface area contributed by atoms with Crippen LogP contribution in [0.1, 0.15) is 23.1 Å². The Morgan fingerprint density at radius 3 is 2.87 bits per heavy atom. The summed E-state index contributed by atoms with van der Waals surface area (Å²) in [5.74, 6) is -0.162. The zero-order valence-corrected chi connectivity index (χ0v) is 14.9. The number of aryl methyl sites for hydroxylation is 1.